The van der Waals surface area contributed by atoms with Gasteiger partial charge in [0.05, 0.1) is 29.8 Å². The third-order valence-electron chi connectivity index (χ3n) is 4.24. The molecule has 1 N–H and O–H groups in total. The summed E-state index contributed by atoms with van der Waals surface area (Å²) < 4.78 is 41.5. The summed E-state index contributed by atoms with van der Waals surface area (Å²) in [7, 11) is 3.08. The quantitative estimate of drug-likeness (QED) is 0.370. The van der Waals surface area contributed by atoms with Crippen LogP contribution in [0.1, 0.15) is 10.4 Å². The van der Waals surface area contributed by atoms with Gasteiger partial charge in [-0.05, 0) is 30.3 Å². The van der Waals surface area contributed by atoms with Crippen molar-refractivity contribution < 1.29 is 27.8 Å². The molecule has 33 heavy (non-hydrogen) atoms. The molecule has 2 aromatic heterocycles. The highest BCUT2D eigenvalue weighted by Crippen LogP contribution is 2.28. The van der Waals surface area contributed by atoms with Crippen molar-refractivity contribution >= 4 is 23.2 Å². The molecule has 0 unspecified atom stereocenters. The fourth-order valence-corrected chi connectivity index (χ4v) is 2.74. The zero-order valence-electron chi connectivity index (χ0n) is 17.5. The summed E-state index contributed by atoms with van der Waals surface area (Å²) >= 11 is 4.73. The molecular weight excluding hydrogens is 462 g/mol. The van der Waals surface area contributed by atoms with Gasteiger partial charge in [0.2, 0.25) is 5.88 Å². The van der Waals surface area contributed by atoms with Crippen LogP contribution >= 0.6 is 11.6 Å². The number of hydrogen-bond acceptors (Lipinski definition) is 7. The number of aryl methyl sites for hydroxylation is 1. The Morgan fingerprint density at radius 1 is 1.18 bits per heavy atom. The Labute approximate surface area is 191 Å². The van der Waals surface area contributed by atoms with Crippen LogP contribution in [0.3, 0.4) is 0 Å². The van der Waals surface area contributed by atoms with E-state index < -0.39 is 11.5 Å². The number of rotatable bonds is 9. The number of carbonyl (C=O) groups is 1. The molecular formula is C21H19ClF2N4O5. The highest BCUT2D eigenvalue weighted by atomic mass is 35.5. The van der Waals surface area contributed by atoms with E-state index in [4.69, 9.17) is 21.1 Å². The van der Waals surface area contributed by atoms with Crippen molar-refractivity contribution in [2.75, 3.05) is 25.6 Å². The van der Waals surface area contributed by atoms with Crippen molar-refractivity contribution in [1.82, 2.24) is 14.5 Å². The monoisotopic (exact) mass is 480 g/mol. The number of aromatic nitrogens is 3. The molecule has 0 saturated heterocycles. The predicted octanol–water partition coefficient (Wildman–Crippen LogP) is 3.29. The first-order chi connectivity index (χ1) is 15.7. The number of methoxy groups -OCH3 is 1. The van der Waals surface area contributed by atoms with Gasteiger partial charge in [0, 0.05) is 43.7 Å². The lowest BCUT2D eigenvalue weighted by Crippen LogP contribution is -2.17. The van der Waals surface area contributed by atoms with E-state index >= 15 is 0 Å². The Morgan fingerprint density at radius 3 is 2.55 bits per heavy atom. The Morgan fingerprint density at radius 2 is 1.91 bits per heavy atom. The lowest BCUT2D eigenvalue weighted by molar-refractivity contribution is -0.0964. The Hall–Kier alpha value is -3.57. The molecule has 0 saturated carbocycles. The Balaban J connectivity index is 1.85. The van der Waals surface area contributed by atoms with Crippen molar-refractivity contribution in [2.24, 2.45) is 7.05 Å². The number of halogens is 3. The maximum atomic E-state index is 12.7. The maximum absolute atomic E-state index is 12.7. The number of hydrogen-bond donors (Lipinski definition) is 1. The van der Waals surface area contributed by atoms with Gasteiger partial charge in [0.15, 0.2) is 0 Å². The molecule has 12 heteroatoms. The van der Waals surface area contributed by atoms with Crippen LogP contribution in [0.5, 0.6) is 11.6 Å². The number of anilines is 1. The number of carbonyl (C=O) groups excluding carboxylic acids is 1. The molecule has 0 aliphatic carbocycles. The van der Waals surface area contributed by atoms with Gasteiger partial charge < -0.3 is 24.1 Å². The molecule has 3 rings (SSSR count). The average molecular weight is 481 g/mol. The van der Waals surface area contributed by atoms with Gasteiger partial charge in [-0.25, -0.2) is 9.97 Å². The minimum Gasteiger partial charge on any atom is -0.475 e. The standard InChI is InChI=1S/C21H19ClF2N4O5/c1-28-12-26-17(10-18(28)29)16-9-13(11-25-20(16)32-8-7-31-2)19(30)27-14-3-5-15(6-4-14)33-21(22,23)24/h3-6,9-12H,7-8H2,1-2H3,(H,27,30). The smallest absolute Gasteiger partial charge is 0.475 e. The van der Waals surface area contributed by atoms with Crippen LogP contribution in [0, 0.1) is 0 Å². The van der Waals surface area contributed by atoms with E-state index in [2.05, 4.69) is 20.0 Å². The van der Waals surface area contributed by atoms with Gasteiger partial charge in [0.25, 0.3) is 11.5 Å². The first kappa shape index (κ1) is 24.1. The SMILES string of the molecule is COCCOc1ncc(C(=O)Nc2ccc(OC(F)(F)Cl)cc2)cc1-c1cc(=O)n(C)cn1. The van der Waals surface area contributed by atoms with Crippen LogP contribution in [0.25, 0.3) is 11.3 Å². The Kier molecular flexibility index (Phi) is 7.56. The van der Waals surface area contributed by atoms with Crippen molar-refractivity contribution in [3.63, 3.8) is 0 Å². The van der Waals surface area contributed by atoms with E-state index in [-0.39, 0.29) is 35.1 Å². The molecule has 9 nitrogen and oxygen atoms in total. The molecule has 0 bridgehead atoms. The second-order valence-electron chi connectivity index (χ2n) is 6.67. The minimum absolute atomic E-state index is 0.152. The lowest BCUT2D eigenvalue weighted by atomic mass is 10.1. The predicted molar refractivity (Wildman–Crippen MR) is 116 cm³/mol. The van der Waals surface area contributed by atoms with Crippen LogP contribution in [0.2, 0.25) is 0 Å². The van der Waals surface area contributed by atoms with E-state index in [9.17, 15) is 18.4 Å². The normalized spacial score (nSPS) is 11.2. The van der Waals surface area contributed by atoms with Crippen LogP contribution in [-0.2, 0) is 11.8 Å². The third kappa shape index (κ3) is 6.70. The maximum Gasteiger partial charge on any atom is 0.487 e. The fraction of sp³-hybridized carbons (Fsp3) is 0.238. The largest absolute Gasteiger partial charge is 0.487 e. The highest BCUT2D eigenvalue weighted by Gasteiger charge is 2.27. The second kappa shape index (κ2) is 10.4. The topological polar surface area (TPSA) is 105 Å². The number of amides is 1. The number of alkyl halides is 3. The van der Waals surface area contributed by atoms with Crippen molar-refractivity contribution in [3.8, 4) is 22.9 Å². The summed E-state index contributed by atoms with van der Waals surface area (Å²) in [4.78, 5) is 33.2. The first-order valence-corrected chi connectivity index (χ1v) is 9.86. The van der Waals surface area contributed by atoms with Crippen molar-refractivity contribution in [1.29, 1.82) is 0 Å². The molecule has 0 atom stereocenters. The highest BCUT2D eigenvalue weighted by molar-refractivity contribution is 6.20. The summed E-state index contributed by atoms with van der Waals surface area (Å²) in [6.45, 7) is 0.505. The summed E-state index contributed by atoms with van der Waals surface area (Å²) in [5, 5.41) is 2.62. The van der Waals surface area contributed by atoms with E-state index in [0.717, 1.165) is 0 Å². The van der Waals surface area contributed by atoms with Gasteiger partial charge in [-0.3, -0.25) is 9.59 Å². The zero-order valence-corrected chi connectivity index (χ0v) is 18.3. The van der Waals surface area contributed by atoms with Crippen molar-refractivity contribution in [3.05, 3.63) is 64.8 Å². The van der Waals surface area contributed by atoms with E-state index in [1.807, 2.05) is 0 Å². The molecule has 0 aliphatic heterocycles. The number of ether oxygens (including phenoxy) is 3. The van der Waals surface area contributed by atoms with Gasteiger partial charge in [-0.2, -0.15) is 0 Å². The van der Waals surface area contributed by atoms with Gasteiger partial charge >= 0.3 is 5.57 Å². The summed E-state index contributed by atoms with van der Waals surface area (Å²) in [5.74, 6) is -0.536. The van der Waals surface area contributed by atoms with Gasteiger partial charge in [0.1, 0.15) is 12.4 Å². The fourth-order valence-electron chi connectivity index (χ4n) is 2.65. The molecule has 0 aliphatic rings. The molecule has 1 aromatic carbocycles. The molecule has 2 heterocycles. The number of nitrogens with zero attached hydrogens (tertiary/aromatic N) is 3. The van der Waals surface area contributed by atoms with Crippen LogP contribution < -0.4 is 20.3 Å². The summed E-state index contributed by atoms with van der Waals surface area (Å²) in [6, 6.07) is 7.98. The molecule has 3 aromatic rings. The number of benzene rings is 1. The van der Waals surface area contributed by atoms with Crippen LogP contribution in [0.4, 0.5) is 14.5 Å². The average Bonchev–Trinajstić information content (AvgIpc) is 2.76. The van der Waals surface area contributed by atoms with Crippen molar-refractivity contribution in [2.45, 2.75) is 5.57 Å². The molecule has 0 fully saturated rings. The number of nitrogens with one attached hydrogen (secondary N) is 1. The Bertz CT molecular complexity index is 1180. The van der Waals surface area contributed by atoms with Crippen LogP contribution in [0.15, 0.2) is 53.7 Å². The van der Waals surface area contributed by atoms with Gasteiger partial charge in [-0.15, -0.1) is 8.78 Å². The van der Waals surface area contributed by atoms with Gasteiger partial charge in [-0.1, -0.05) is 0 Å². The molecule has 1 amide bonds. The van der Waals surface area contributed by atoms with E-state index in [0.29, 0.717) is 17.9 Å². The number of pyridine rings is 1. The van der Waals surface area contributed by atoms with E-state index in [1.165, 1.54) is 60.6 Å². The zero-order chi connectivity index (χ0) is 24.0. The lowest BCUT2D eigenvalue weighted by Gasteiger charge is -2.13. The molecule has 0 radical (unpaired) electrons. The summed E-state index contributed by atoms with van der Waals surface area (Å²) in [6.07, 6.45) is 2.64. The third-order valence-corrected chi connectivity index (χ3v) is 4.32. The van der Waals surface area contributed by atoms with Crippen LogP contribution in [-0.4, -0.2) is 46.3 Å². The molecule has 0 spiro atoms. The minimum atomic E-state index is -3.84. The second-order valence-corrected chi connectivity index (χ2v) is 7.11. The summed E-state index contributed by atoms with van der Waals surface area (Å²) in [5.41, 5.74) is -3.06. The molecule has 174 valence electrons. The first-order valence-electron chi connectivity index (χ1n) is 9.48. The van der Waals surface area contributed by atoms with E-state index in [1.54, 1.807) is 7.05 Å².